The number of hydrogen-bond acceptors (Lipinski definition) is 4. The molecule has 0 aliphatic carbocycles. The van der Waals surface area contributed by atoms with E-state index in [1.54, 1.807) is 11.3 Å². The van der Waals surface area contributed by atoms with Crippen molar-refractivity contribution < 1.29 is 0 Å². The number of aromatic nitrogens is 1. The molecule has 130 valence electrons. The maximum absolute atomic E-state index is 4.38. The Morgan fingerprint density at radius 2 is 2.30 bits per heavy atom. The van der Waals surface area contributed by atoms with E-state index in [2.05, 4.69) is 46.3 Å². The average molecular weight is 338 g/mol. The number of aliphatic imine (C=N–C) groups is 1. The molecule has 1 unspecified atom stereocenters. The van der Waals surface area contributed by atoms with Crippen molar-refractivity contribution in [3.05, 3.63) is 16.1 Å². The van der Waals surface area contributed by atoms with Crippen molar-refractivity contribution in [2.45, 2.75) is 40.2 Å². The predicted molar refractivity (Wildman–Crippen MR) is 99.1 cm³/mol. The quantitative estimate of drug-likeness (QED) is 0.618. The van der Waals surface area contributed by atoms with Gasteiger partial charge in [0.2, 0.25) is 0 Å². The second-order valence-electron chi connectivity index (χ2n) is 6.83. The molecule has 0 radical (unpaired) electrons. The number of hydrogen-bond donors (Lipinski definition) is 2. The van der Waals surface area contributed by atoms with Crippen LogP contribution in [0.5, 0.6) is 0 Å². The lowest BCUT2D eigenvalue weighted by Crippen LogP contribution is -2.44. The van der Waals surface area contributed by atoms with E-state index in [1.807, 2.05) is 13.2 Å². The zero-order chi connectivity index (χ0) is 16.7. The van der Waals surface area contributed by atoms with E-state index in [-0.39, 0.29) is 0 Å². The summed E-state index contributed by atoms with van der Waals surface area (Å²) in [7, 11) is 1.83. The molecule has 2 heterocycles. The third-order valence-corrected chi connectivity index (χ3v) is 5.00. The van der Waals surface area contributed by atoms with Crippen molar-refractivity contribution >= 4 is 17.3 Å². The lowest BCUT2D eigenvalue weighted by atomic mass is 9.97. The Kier molecular flexibility index (Phi) is 7.30. The van der Waals surface area contributed by atoms with Gasteiger partial charge < -0.3 is 15.5 Å². The van der Waals surface area contributed by atoms with E-state index >= 15 is 0 Å². The molecule has 1 aliphatic heterocycles. The van der Waals surface area contributed by atoms with Crippen LogP contribution in [0.4, 0.5) is 0 Å². The monoisotopic (exact) mass is 337 g/mol. The van der Waals surface area contributed by atoms with Gasteiger partial charge in [0.05, 0.1) is 6.54 Å². The molecular formula is C17H31N5S. The second-order valence-corrected chi connectivity index (χ2v) is 8.15. The fourth-order valence-corrected chi connectivity index (χ4v) is 3.83. The number of thiazole rings is 1. The maximum atomic E-state index is 4.38. The van der Waals surface area contributed by atoms with Crippen molar-refractivity contribution in [2.75, 3.05) is 33.2 Å². The van der Waals surface area contributed by atoms with Gasteiger partial charge in [0.25, 0.3) is 0 Å². The molecule has 0 bridgehead atoms. The highest BCUT2D eigenvalue weighted by atomic mass is 32.1. The van der Waals surface area contributed by atoms with Crippen LogP contribution >= 0.6 is 11.3 Å². The lowest BCUT2D eigenvalue weighted by molar-refractivity contribution is 0.159. The van der Waals surface area contributed by atoms with Crippen molar-refractivity contribution in [1.29, 1.82) is 0 Å². The molecule has 5 nitrogen and oxygen atoms in total. The van der Waals surface area contributed by atoms with Gasteiger partial charge in [0.15, 0.2) is 5.96 Å². The molecule has 0 saturated carbocycles. The summed E-state index contributed by atoms with van der Waals surface area (Å²) in [5, 5.41) is 7.94. The Morgan fingerprint density at radius 3 is 2.96 bits per heavy atom. The minimum absolute atomic E-state index is 0.711. The molecule has 6 heteroatoms. The number of guanidine groups is 1. The van der Waals surface area contributed by atoms with Crippen LogP contribution in [0, 0.1) is 18.8 Å². The maximum Gasteiger partial charge on any atom is 0.191 e. The van der Waals surface area contributed by atoms with Crippen LogP contribution in [0.1, 0.15) is 36.6 Å². The number of aryl methyl sites for hydroxylation is 1. The molecule has 1 aromatic heterocycles. The van der Waals surface area contributed by atoms with E-state index < -0.39 is 0 Å². The fourth-order valence-electron chi connectivity index (χ4n) is 3.10. The van der Waals surface area contributed by atoms with Gasteiger partial charge in [-0.1, -0.05) is 13.8 Å². The first kappa shape index (κ1) is 18.2. The first-order valence-corrected chi connectivity index (χ1v) is 9.46. The largest absolute Gasteiger partial charge is 0.356 e. The number of piperidine rings is 1. The minimum Gasteiger partial charge on any atom is -0.356 e. The smallest absolute Gasteiger partial charge is 0.191 e. The Hall–Kier alpha value is -1.14. The van der Waals surface area contributed by atoms with Crippen LogP contribution in [-0.2, 0) is 6.54 Å². The fraction of sp³-hybridized carbons (Fsp3) is 0.765. The first-order chi connectivity index (χ1) is 11.1. The van der Waals surface area contributed by atoms with Gasteiger partial charge in [-0.25, -0.2) is 4.98 Å². The third-order valence-electron chi connectivity index (χ3n) is 4.08. The van der Waals surface area contributed by atoms with Gasteiger partial charge in [-0.3, -0.25) is 4.99 Å². The molecule has 1 aromatic rings. The summed E-state index contributed by atoms with van der Waals surface area (Å²) in [6.45, 7) is 12.1. The number of rotatable bonds is 6. The highest BCUT2D eigenvalue weighted by Crippen LogP contribution is 2.16. The number of nitrogens with one attached hydrogen (secondary N) is 2. The molecule has 2 rings (SSSR count). The van der Waals surface area contributed by atoms with E-state index in [1.165, 1.54) is 37.4 Å². The second kappa shape index (κ2) is 9.23. The van der Waals surface area contributed by atoms with Gasteiger partial charge in [0, 0.05) is 37.8 Å². The van der Waals surface area contributed by atoms with Crippen LogP contribution in [0.25, 0.3) is 0 Å². The van der Waals surface area contributed by atoms with Crippen LogP contribution in [0.3, 0.4) is 0 Å². The molecule has 2 N–H and O–H groups in total. The van der Waals surface area contributed by atoms with Crippen molar-refractivity contribution in [2.24, 2.45) is 16.8 Å². The first-order valence-electron chi connectivity index (χ1n) is 8.65. The molecule has 23 heavy (non-hydrogen) atoms. The summed E-state index contributed by atoms with van der Waals surface area (Å²) in [5.74, 6) is 2.33. The highest BCUT2D eigenvalue weighted by Gasteiger charge is 2.20. The summed E-state index contributed by atoms with van der Waals surface area (Å²) >= 11 is 1.73. The Bertz CT molecular complexity index is 497. The standard InChI is InChI=1S/C17H31N5S/c1-13(2)11-22-7-5-6-15(12-22)9-20-17(18-4)21-10-16-19-8-14(3)23-16/h8,13,15H,5-7,9-12H2,1-4H3,(H2,18,20,21). The zero-order valence-electron chi connectivity index (χ0n) is 14.9. The van der Waals surface area contributed by atoms with Crippen LogP contribution in [-0.4, -0.2) is 49.1 Å². The van der Waals surface area contributed by atoms with E-state index in [9.17, 15) is 0 Å². The minimum atomic E-state index is 0.711. The summed E-state index contributed by atoms with van der Waals surface area (Å²) in [6.07, 6.45) is 4.54. The molecule has 1 atom stereocenters. The van der Waals surface area contributed by atoms with Gasteiger partial charge in [-0.15, -0.1) is 11.3 Å². The lowest BCUT2D eigenvalue weighted by Gasteiger charge is -2.34. The topological polar surface area (TPSA) is 52.6 Å². The molecule has 0 amide bonds. The predicted octanol–water partition coefficient (Wildman–Crippen LogP) is 2.48. The van der Waals surface area contributed by atoms with E-state index in [0.717, 1.165) is 30.0 Å². The van der Waals surface area contributed by atoms with Crippen LogP contribution in [0.15, 0.2) is 11.2 Å². The Balaban J connectivity index is 1.72. The molecule has 0 aromatic carbocycles. The third kappa shape index (κ3) is 6.47. The molecule has 0 spiro atoms. The Morgan fingerprint density at radius 1 is 1.48 bits per heavy atom. The van der Waals surface area contributed by atoms with Crippen molar-refractivity contribution in [3.63, 3.8) is 0 Å². The number of nitrogens with zero attached hydrogens (tertiary/aromatic N) is 3. The summed E-state index contributed by atoms with van der Waals surface area (Å²) in [6, 6.07) is 0. The molecule has 1 saturated heterocycles. The van der Waals surface area contributed by atoms with Gasteiger partial charge in [-0.2, -0.15) is 0 Å². The van der Waals surface area contributed by atoms with Gasteiger partial charge >= 0.3 is 0 Å². The molecular weight excluding hydrogens is 306 g/mol. The van der Waals surface area contributed by atoms with Crippen LogP contribution in [0.2, 0.25) is 0 Å². The number of likely N-dealkylation sites (tertiary alicyclic amines) is 1. The van der Waals surface area contributed by atoms with Crippen LogP contribution < -0.4 is 10.6 Å². The van der Waals surface area contributed by atoms with Crippen molar-refractivity contribution in [3.8, 4) is 0 Å². The van der Waals surface area contributed by atoms with Crippen molar-refractivity contribution in [1.82, 2.24) is 20.5 Å². The SMILES string of the molecule is CN=C(NCc1ncc(C)s1)NCC1CCCN(CC(C)C)C1. The summed E-state index contributed by atoms with van der Waals surface area (Å²) in [5.41, 5.74) is 0. The molecule has 1 aliphatic rings. The summed E-state index contributed by atoms with van der Waals surface area (Å²) in [4.78, 5) is 12.5. The average Bonchev–Trinajstić information content (AvgIpc) is 2.93. The van der Waals surface area contributed by atoms with E-state index in [0.29, 0.717) is 5.92 Å². The van der Waals surface area contributed by atoms with Gasteiger partial charge in [0.1, 0.15) is 5.01 Å². The molecule has 1 fully saturated rings. The normalized spacial score (nSPS) is 20.0. The highest BCUT2D eigenvalue weighted by molar-refractivity contribution is 7.11. The summed E-state index contributed by atoms with van der Waals surface area (Å²) < 4.78 is 0. The zero-order valence-corrected chi connectivity index (χ0v) is 15.7. The van der Waals surface area contributed by atoms with Gasteiger partial charge in [-0.05, 0) is 38.1 Å². The van der Waals surface area contributed by atoms with E-state index in [4.69, 9.17) is 0 Å². The Labute approximate surface area is 144 Å².